The first-order valence-electron chi connectivity index (χ1n) is 11.0. The van der Waals surface area contributed by atoms with Crippen molar-refractivity contribution in [2.24, 2.45) is 0 Å². The van der Waals surface area contributed by atoms with E-state index in [0.29, 0.717) is 28.3 Å². The summed E-state index contributed by atoms with van der Waals surface area (Å²) >= 11 is 6.83. The summed E-state index contributed by atoms with van der Waals surface area (Å²) in [6.07, 6.45) is -3.53. The Kier molecular flexibility index (Phi) is 7.93. The molecule has 1 atom stereocenters. The number of amides is 1. The van der Waals surface area contributed by atoms with Gasteiger partial charge in [-0.05, 0) is 54.3 Å². The van der Waals surface area contributed by atoms with E-state index < -0.39 is 33.7 Å². The molecule has 6 nitrogen and oxygen atoms in total. The van der Waals surface area contributed by atoms with Gasteiger partial charge in [0.15, 0.2) is 0 Å². The van der Waals surface area contributed by atoms with Crippen LogP contribution in [0.2, 0.25) is 4.34 Å². The van der Waals surface area contributed by atoms with Crippen LogP contribution >= 0.6 is 22.9 Å². The van der Waals surface area contributed by atoms with Crippen LogP contribution < -0.4 is 10.1 Å². The normalized spacial score (nSPS) is 16.7. The van der Waals surface area contributed by atoms with Crippen molar-refractivity contribution >= 4 is 38.9 Å². The lowest BCUT2D eigenvalue weighted by atomic mass is 10.1. The number of carbonyl (C=O) groups excluding carboxylic acids is 1. The lowest BCUT2D eigenvalue weighted by Gasteiger charge is -2.23. The first kappa shape index (κ1) is 26.5. The van der Waals surface area contributed by atoms with E-state index in [4.69, 9.17) is 16.3 Å². The van der Waals surface area contributed by atoms with E-state index in [1.54, 1.807) is 24.3 Å². The van der Waals surface area contributed by atoms with Crippen LogP contribution in [-0.2, 0) is 34.1 Å². The summed E-state index contributed by atoms with van der Waals surface area (Å²) in [4.78, 5) is 13.0. The molecule has 1 fully saturated rings. The maximum Gasteiger partial charge on any atom is 0.416 e. The largest absolute Gasteiger partial charge is 0.489 e. The summed E-state index contributed by atoms with van der Waals surface area (Å²) in [5.41, 5.74) is 0.580. The molecule has 0 saturated carbocycles. The first-order valence-corrected chi connectivity index (χ1v) is 13.6. The monoisotopic (exact) mass is 558 g/mol. The number of halogens is 4. The maximum absolute atomic E-state index is 13.0. The molecule has 36 heavy (non-hydrogen) atoms. The molecule has 0 aliphatic carbocycles. The van der Waals surface area contributed by atoms with Crippen LogP contribution in [0, 0.1) is 0 Å². The summed E-state index contributed by atoms with van der Waals surface area (Å²) in [5.74, 6) is -0.350. The Morgan fingerprint density at radius 2 is 1.86 bits per heavy atom. The summed E-state index contributed by atoms with van der Waals surface area (Å²) in [6.45, 7) is 0.337. The number of hydrogen-bond donors (Lipinski definition) is 1. The van der Waals surface area contributed by atoms with Gasteiger partial charge in [-0.3, -0.25) is 4.79 Å². The van der Waals surface area contributed by atoms with Crippen LogP contribution in [0.3, 0.4) is 0 Å². The topological polar surface area (TPSA) is 75.7 Å². The van der Waals surface area contributed by atoms with E-state index in [1.165, 1.54) is 28.6 Å². The molecule has 1 aromatic heterocycles. The Hall–Kier alpha value is -2.60. The van der Waals surface area contributed by atoms with E-state index in [1.807, 2.05) is 0 Å². The Morgan fingerprint density at radius 3 is 2.56 bits per heavy atom. The molecular formula is C24H22ClF3N2O4S2. The zero-order chi connectivity index (χ0) is 25.9. The standard InChI is InChI=1S/C24H22ClF3N2O4S2/c25-21-10-11-22(35-21)36(32,33)30-12-4-9-20(30)23(31)29-14-16-5-1-2-6-17(16)15-34-19-8-3-7-18(13-19)24(26,27)28/h1-3,5-8,10-11,13,20H,4,9,12,14-15H2,(H,29,31)/t20-/m0/s1. The van der Waals surface area contributed by atoms with Crippen molar-refractivity contribution in [2.75, 3.05) is 6.54 Å². The minimum Gasteiger partial charge on any atom is -0.489 e. The summed E-state index contributed by atoms with van der Waals surface area (Å²) < 4.78 is 72.1. The second kappa shape index (κ2) is 10.8. The van der Waals surface area contributed by atoms with Crippen LogP contribution in [0.15, 0.2) is 64.9 Å². The van der Waals surface area contributed by atoms with E-state index in [0.717, 1.165) is 23.5 Å². The zero-order valence-electron chi connectivity index (χ0n) is 18.8. The van der Waals surface area contributed by atoms with Gasteiger partial charge in [0.1, 0.15) is 22.6 Å². The number of thiophene rings is 1. The fourth-order valence-corrected chi connectivity index (χ4v) is 7.20. The third-order valence-corrected chi connectivity index (χ3v) is 9.35. The summed E-state index contributed by atoms with van der Waals surface area (Å²) in [7, 11) is -3.85. The lowest BCUT2D eigenvalue weighted by Crippen LogP contribution is -2.45. The number of nitrogens with one attached hydrogen (secondary N) is 1. The Labute approximate surface area is 215 Å². The molecular weight excluding hydrogens is 537 g/mol. The first-order chi connectivity index (χ1) is 17.1. The fraction of sp³-hybridized carbons (Fsp3) is 0.292. The molecule has 1 amide bonds. The molecule has 1 aliphatic rings. The van der Waals surface area contributed by atoms with Crippen molar-refractivity contribution in [1.82, 2.24) is 9.62 Å². The molecule has 0 spiro atoms. The molecule has 192 valence electrons. The number of carbonyl (C=O) groups is 1. The molecule has 1 saturated heterocycles. The molecule has 1 N–H and O–H groups in total. The SMILES string of the molecule is O=C(NCc1ccccc1COc1cccc(C(F)(F)F)c1)[C@@H]1CCCN1S(=O)(=O)c1ccc(Cl)s1. The molecule has 0 bridgehead atoms. The van der Waals surface area contributed by atoms with Crippen molar-refractivity contribution in [2.45, 2.75) is 42.4 Å². The van der Waals surface area contributed by atoms with E-state index in [2.05, 4.69) is 5.32 Å². The van der Waals surface area contributed by atoms with Crippen molar-refractivity contribution in [3.8, 4) is 5.75 Å². The summed E-state index contributed by atoms with van der Waals surface area (Å²) in [6, 6.07) is 13.7. The fourth-order valence-electron chi connectivity index (χ4n) is 3.94. The van der Waals surface area contributed by atoms with Crippen molar-refractivity contribution in [3.05, 3.63) is 81.7 Å². The summed E-state index contributed by atoms with van der Waals surface area (Å²) in [5, 5.41) is 2.80. The van der Waals surface area contributed by atoms with Gasteiger partial charge in [-0.1, -0.05) is 41.9 Å². The molecule has 0 radical (unpaired) electrons. The van der Waals surface area contributed by atoms with Crippen molar-refractivity contribution in [1.29, 1.82) is 0 Å². The highest BCUT2D eigenvalue weighted by Gasteiger charge is 2.40. The van der Waals surface area contributed by atoms with E-state index in [9.17, 15) is 26.4 Å². The van der Waals surface area contributed by atoms with E-state index in [-0.39, 0.29) is 29.7 Å². The van der Waals surface area contributed by atoms with Crippen LogP contribution in [-0.4, -0.2) is 31.2 Å². The molecule has 2 heterocycles. The van der Waals surface area contributed by atoms with E-state index >= 15 is 0 Å². The third-order valence-electron chi connectivity index (χ3n) is 5.75. The van der Waals surface area contributed by atoms with Crippen LogP contribution in [0.4, 0.5) is 13.2 Å². The molecule has 3 aromatic rings. The predicted octanol–water partition coefficient (Wildman–Crippen LogP) is 5.47. The Bertz CT molecular complexity index is 1340. The van der Waals surface area contributed by atoms with Crippen LogP contribution in [0.25, 0.3) is 0 Å². The van der Waals surface area contributed by atoms with Crippen molar-refractivity contribution < 1.29 is 31.1 Å². The van der Waals surface area contributed by atoms with Gasteiger partial charge in [0.25, 0.3) is 10.0 Å². The number of alkyl halides is 3. The van der Waals surface area contributed by atoms with Crippen LogP contribution in [0.1, 0.15) is 29.5 Å². The van der Waals surface area contributed by atoms with Gasteiger partial charge in [-0.15, -0.1) is 11.3 Å². The second-order valence-electron chi connectivity index (χ2n) is 8.13. The number of sulfonamides is 1. The van der Waals surface area contributed by atoms with Gasteiger partial charge < -0.3 is 10.1 Å². The highest BCUT2D eigenvalue weighted by molar-refractivity contribution is 7.91. The molecule has 1 aliphatic heterocycles. The maximum atomic E-state index is 13.0. The van der Waals surface area contributed by atoms with Gasteiger partial charge in [0, 0.05) is 13.1 Å². The number of ether oxygens (including phenoxy) is 1. The van der Waals surface area contributed by atoms with Gasteiger partial charge >= 0.3 is 6.18 Å². The number of hydrogen-bond acceptors (Lipinski definition) is 5. The number of rotatable bonds is 8. The lowest BCUT2D eigenvalue weighted by molar-refractivity contribution is -0.137. The zero-order valence-corrected chi connectivity index (χ0v) is 21.2. The van der Waals surface area contributed by atoms with Gasteiger partial charge in [0.2, 0.25) is 5.91 Å². The minimum absolute atomic E-state index is 0.00355. The minimum atomic E-state index is -4.47. The van der Waals surface area contributed by atoms with Gasteiger partial charge in [-0.2, -0.15) is 17.5 Å². The number of benzene rings is 2. The molecule has 2 aromatic carbocycles. The second-order valence-corrected chi connectivity index (χ2v) is 12.0. The molecule has 0 unspecified atom stereocenters. The quantitative estimate of drug-likeness (QED) is 0.398. The smallest absolute Gasteiger partial charge is 0.416 e. The molecule has 12 heteroatoms. The number of nitrogens with zero attached hydrogens (tertiary/aromatic N) is 1. The highest BCUT2D eigenvalue weighted by Crippen LogP contribution is 2.33. The van der Waals surface area contributed by atoms with Gasteiger partial charge in [-0.25, -0.2) is 8.42 Å². The Balaban J connectivity index is 1.41. The Morgan fingerprint density at radius 1 is 1.11 bits per heavy atom. The highest BCUT2D eigenvalue weighted by atomic mass is 35.5. The van der Waals surface area contributed by atoms with Crippen molar-refractivity contribution in [3.63, 3.8) is 0 Å². The average molecular weight is 559 g/mol. The third kappa shape index (κ3) is 6.03. The predicted molar refractivity (Wildman–Crippen MR) is 130 cm³/mol. The molecule has 4 rings (SSSR count). The van der Waals surface area contributed by atoms with Crippen LogP contribution in [0.5, 0.6) is 5.75 Å². The van der Waals surface area contributed by atoms with Gasteiger partial charge in [0.05, 0.1) is 9.90 Å². The average Bonchev–Trinajstić information content (AvgIpc) is 3.52.